The first kappa shape index (κ1) is 28.9. The van der Waals surface area contributed by atoms with Crippen molar-refractivity contribution in [2.45, 2.75) is 89.0 Å². The Morgan fingerprint density at radius 1 is 1.05 bits per heavy atom. The fourth-order valence-corrected chi connectivity index (χ4v) is 5.23. The molecule has 0 radical (unpaired) electrons. The molecule has 3 aromatic rings. The van der Waals surface area contributed by atoms with Crippen LogP contribution in [-0.2, 0) is 11.3 Å². The molecular formula is C26H31F5N8O2. The quantitative estimate of drug-likeness (QED) is 0.339. The third-order valence-electron chi connectivity index (χ3n) is 7.65. The molecular weight excluding hydrogens is 551 g/mol. The van der Waals surface area contributed by atoms with Crippen LogP contribution in [0.5, 0.6) is 0 Å². The molecule has 3 heterocycles. The predicted octanol–water partition coefficient (Wildman–Crippen LogP) is 4.55. The summed E-state index contributed by atoms with van der Waals surface area (Å²) in [6.45, 7) is 2.30. The minimum absolute atomic E-state index is 0.0796. The molecule has 41 heavy (non-hydrogen) atoms. The maximum Gasteiger partial charge on any atom is 0.389 e. The van der Waals surface area contributed by atoms with E-state index in [4.69, 9.17) is 0 Å². The molecule has 0 aliphatic heterocycles. The molecule has 0 spiro atoms. The average molecular weight is 583 g/mol. The maximum atomic E-state index is 13.9. The van der Waals surface area contributed by atoms with Crippen molar-refractivity contribution in [1.82, 2.24) is 40.2 Å². The van der Waals surface area contributed by atoms with Gasteiger partial charge in [0.2, 0.25) is 11.8 Å². The molecule has 15 heteroatoms. The Morgan fingerprint density at radius 3 is 2.39 bits per heavy atom. The first-order chi connectivity index (χ1) is 19.4. The number of amides is 2. The SMILES string of the molecule is CCn1ncc(C(=O)N[C@H](c2cn3ncc(C(NC(=O)CCC(F)(F)F)C4CC4)cc3n2)C2CCC(F)(F)CC2)n1. The van der Waals surface area contributed by atoms with Crippen LogP contribution in [0.15, 0.2) is 24.7 Å². The molecule has 1 unspecified atom stereocenters. The van der Waals surface area contributed by atoms with Gasteiger partial charge in [0, 0.05) is 19.3 Å². The number of nitrogens with one attached hydrogen (secondary N) is 2. The Morgan fingerprint density at radius 2 is 1.76 bits per heavy atom. The standard InChI is InChI=1S/C26H31F5N8O2/c1-2-39-33-13-18(37-39)24(41)36-23(16-5-8-25(27,28)9-6-16)19-14-38-20(34-19)11-17(12-32-38)22(15-3-4-15)35-21(40)7-10-26(29,30)31/h11-16,22-23H,2-10H2,1H3,(H,35,40)(H,36,41)/t22?,23-/m0/s1. The lowest BCUT2D eigenvalue weighted by atomic mass is 9.81. The summed E-state index contributed by atoms with van der Waals surface area (Å²) in [6.07, 6.45) is -0.413. The molecule has 5 rings (SSSR count). The second-order valence-corrected chi connectivity index (χ2v) is 10.8. The lowest BCUT2D eigenvalue weighted by Crippen LogP contribution is -2.37. The molecule has 0 aromatic carbocycles. The van der Waals surface area contributed by atoms with Crippen LogP contribution >= 0.6 is 0 Å². The van der Waals surface area contributed by atoms with E-state index in [2.05, 4.69) is 30.9 Å². The fraction of sp³-hybridized carbons (Fsp3) is 0.615. The van der Waals surface area contributed by atoms with Crippen molar-refractivity contribution in [1.29, 1.82) is 0 Å². The van der Waals surface area contributed by atoms with Gasteiger partial charge in [-0.1, -0.05) is 0 Å². The van der Waals surface area contributed by atoms with Crippen LogP contribution in [-0.4, -0.2) is 53.5 Å². The van der Waals surface area contributed by atoms with E-state index in [9.17, 15) is 31.5 Å². The molecule has 2 N–H and O–H groups in total. The number of carbonyl (C=O) groups excluding carboxylic acids is 2. The number of rotatable bonds is 10. The lowest BCUT2D eigenvalue weighted by Gasteiger charge is -2.33. The summed E-state index contributed by atoms with van der Waals surface area (Å²) < 4.78 is 67.1. The first-order valence-electron chi connectivity index (χ1n) is 13.7. The van der Waals surface area contributed by atoms with Crippen LogP contribution in [0.3, 0.4) is 0 Å². The van der Waals surface area contributed by atoms with Gasteiger partial charge in [0.1, 0.15) is 0 Å². The highest BCUT2D eigenvalue weighted by molar-refractivity contribution is 5.92. The first-order valence-corrected chi connectivity index (χ1v) is 13.7. The van der Waals surface area contributed by atoms with Gasteiger partial charge in [-0.25, -0.2) is 18.3 Å². The van der Waals surface area contributed by atoms with Gasteiger partial charge in [-0.15, -0.1) is 5.10 Å². The van der Waals surface area contributed by atoms with E-state index >= 15 is 0 Å². The molecule has 3 aromatic heterocycles. The van der Waals surface area contributed by atoms with Crippen molar-refractivity contribution in [3.8, 4) is 0 Å². The zero-order chi connectivity index (χ0) is 29.4. The van der Waals surface area contributed by atoms with Crippen molar-refractivity contribution in [3.05, 3.63) is 41.6 Å². The van der Waals surface area contributed by atoms with Gasteiger partial charge in [-0.2, -0.15) is 28.2 Å². The van der Waals surface area contributed by atoms with Gasteiger partial charge in [-0.3, -0.25) is 9.59 Å². The van der Waals surface area contributed by atoms with Gasteiger partial charge in [0.15, 0.2) is 11.3 Å². The Bertz CT molecular complexity index is 1390. The van der Waals surface area contributed by atoms with E-state index in [0.29, 0.717) is 23.4 Å². The zero-order valence-corrected chi connectivity index (χ0v) is 22.4. The average Bonchev–Trinajstić information content (AvgIpc) is 3.48. The normalized spacial score (nSPS) is 19.2. The van der Waals surface area contributed by atoms with E-state index in [1.807, 2.05) is 6.92 Å². The second-order valence-electron chi connectivity index (χ2n) is 10.8. The van der Waals surface area contributed by atoms with E-state index in [1.54, 1.807) is 12.3 Å². The highest BCUT2D eigenvalue weighted by atomic mass is 19.4. The minimum atomic E-state index is -4.42. The highest BCUT2D eigenvalue weighted by Gasteiger charge is 2.40. The lowest BCUT2D eigenvalue weighted by molar-refractivity contribution is -0.144. The Kier molecular flexibility index (Phi) is 7.97. The van der Waals surface area contributed by atoms with Gasteiger partial charge in [-0.05, 0) is 56.1 Å². The number of imidazole rings is 1. The second kappa shape index (κ2) is 11.3. The number of aromatic nitrogens is 6. The summed E-state index contributed by atoms with van der Waals surface area (Å²) in [7, 11) is 0. The summed E-state index contributed by atoms with van der Waals surface area (Å²) in [4.78, 5) is 31.3. The number of alkyl halides is 5. The van der Waals surface area contributed by atoms with Crippen LogP contribution in [0.4, 0.5) is 22.0 Å². The Hall–Kier alpha value is -3.65. The minimum Gasteiger partial charge on any atom is -0.349 e. The van der Waals surface area contributed by atoms with Crippen molar-refractivity contribution in [3.63, 3.8) is 0 Å². The zero-order valence-electron chi connectivity index (χ0n) is 22.4. The van der Waals surface area contributed by atoms with E-state index in [-0.39, 0.29) is 43.2 Å². The van der Waals surface area contributed by atoms with Crippen LogP contribution < -0.4 is 10.6 Å². The van der Waals surface area contributed by atoms with E-state index in [0.717, 1.165) is 12.8 Å². The van der Waals surface area contributed by atoms with Gasteiger partial charge < -0.3 is 10.6 Å². The topological polar surface area (TPSA) is 119 Å². The molecule has 0 saturated heterocycles. The van der Waals surface area contributed by atoms with Crippen LogP contribution in [0.25, 0.3) is 5.65 Å². The number of carbonyl (C=O) groups is 2. The Balaban J connectivity index is 1.39. The number of nitrogens with zero attached hydrogens (tertiary/aromatic N) is 6. The van der Waals surface area contributed by atoms with Gasteiger partial charge in [0.25, 0.3) is 5.91 Å². The van der Waals surface area contributed by atoms with E-state index in [1.165, 1.54) is 21.7 Å². The summed E-state index contributed by atoms with van der Waals surface area (Å²) in [5, 5.41) is 18.2. The molecule has 2 saturated carbocycles. The molecule has 2 aliphatic carbocycles. The van der Waals surface area contributed by atoms with Crippen molar-refractivity contribution in [2.24, 2.45) is 11.8 Å². The molecule has 0 bridgehead atoms. The van der Waals surface area contributed by atoms with Crippen molar-refractivity contribution < 1.29 is 31.5 Å². The molecule has 222 valence electrons. The molecule has 2 aliphatic rings. The third-order valence-corrected chi connectivity index (χ3v) is 7.65. The Labute approximate surface area is 232 Å². The molecule has 2 atom stereocenters. The summed E-state index contributed by atoms with van der Waals surface area (Å²) in [5.74, 6) is -4.19. The van der Waals surface area contributed by atoms with Crippen LogP contribution in [0.1, 0.15) is 92.1 Å². The van der Waals surface area contributed by atoms with Crippen molar-refractivity contribution >= 4 is 17.5 Å². The molecule has 2 fully saturated rings. The third kappa shape index (κ3) is 7.17. The van der Waals surface area contributed by atoms with Gasteiger partial charge in [0.05, 0.1) is 49.3 Å². The summed E-state index contributed by atoms with van der Waals surface area (Å²) in [5.41, 5.74) is 1.52. The number of halogens is 5. The van der Waals surface area contributed by atoms with Crippen molar-refractivity contribution in [2.75, 3.05) is 0 Å². The molecule has 2 amide bonds. The predicted molar refractivity (Wildman–Crippen MR) is 135 cm³/mol. The number of fused-ring (bicyclic) bond motifs is 1. The van der Waals surface area contributed by atoms with Gasteiger partial charge >= 0.3 is 6.18 Å². The highest BCUT2D eigenvalue weighted by Crippen LogP contribution is 2.43. The van der Waals surface area contributed by atoms with E-state index < -0.39 is 48.8 Å². The largest absolute Gasteiger partial charge is 0.389 e. The number of aryl methyl sites for hydroxylation is 1. The number of hydrogen-bond acceptors (Lipinski definition) is 6. The van der Waals surface area contributed by atoms with Crippen LogP contribution in [0.2, 0.25) is 0 Å². The monoisotopic (exact) mass is 582 g/mol. The number of hydrogen-bond donors (Lipinski definition) is 2. The summed E-state index contributed by atoms with van der Waals surface area (Å²) >= 11 is 0. The maximum absolute atomic E-state index is 13.9. The molecule has 10 nitrogen and oxygen atoms in total. The summed E-state index contributed by atoms with van der Waals surface area (Å²) in [6, 6.07) is 0.493. The smallest absolute Gasteiger partial charge is 0.349 e. The fourth-order valence-electron chi connectivity index (χ4n) is 5.23. The van der Waals surface area contributed by atoms with Crippen LogP contribution in [0, 0.1) is 11.8 Å².